The molecular formula is C12H12N2O2. The van der Waals surface area contributed by atoms with Crippen LogP contribution in [0, 0.1) is 0 Å². The van der Waals surface area contributed by atoms with Gasteiger partial charge in [-0.25, -0.2) is 0 Å². The van der Waals surface area contributed by atoms with E-state index in [0.717, 1.165) is 6.29 Å². The molecule has 0 amide bonds. The molecule has 0 aliphatic carbocycles. The molecule has 0 bridgehead atoms. The van der Waals surface area contributed by atoms with Gasteiger partial charge in [-0.15, -0.1) is 10.2 Å². The standard InChI is InChI=1S/C12H12N2O2/c1-8(2)11-13-14-12(16-11)10-6-4-3-5-9(10)7-15/h3-8H,1-2H3. The molecule has 4 nitrogen and oxygen atoms in total. The summed E-state index contributed by atoms with van der Waals surface area (Å²) in [5.41, 5.74) is 1.23. The zero-order valence-electron chi connectivity index (χ0n) is 9.18. The van der Waals surface area contributed by atoms with Crippen molar-refractivity contribution in [2.75, 3.05) is 0 Å². The second-order valence-electron chi connectivity index (χ2n) is 3.81. The normalized spacial score (nSPS) is 10.7. The van der Waals surface area contributed by atoms with Crippen molar-refractivity contribution in [1.29, 1.82) is 0 Å². The lowest BCUT2D eigenvalue weighted by Gasteiger charge is -1.98. The molecule has 0 fully saturated rings. The van der Waals surface area contributed by atoms with E-state index in [1.807, 2.05) is 19.9 Å². The molecule has 2 aromatic rings. The zero-order chi connectivity index (χ0) is 11.5. The van der Waals surface area contributed by atoms with E-state index < -0.39 is 0 Å². The van der Waals surface area contributed by atoms with Crippen LogP contribution in [0.3, 0.4) is 0 Å². The van der Waals surface area contributed by atoms with Gasteiger partial charge in [0.15, 0.2) is 6.29 Å². The summed E-state index contributed by atoms with van der Waals surface area (Å²) in [6, 6.07) is 7.15. The predicted octanol–water partition coefficient (Wildman–Crippen LogP) is 2.67. The SMILES string of the molecule is CC(C)c1nnc(-c2ccccc2C=O)o1. The molecule has 0 radical (unpaired) electrons. The van der Waals surface area contributed by atoms with Gasteiger partial charge in [-0.2, -0.15) is 0 Å². The fraction of sp³-hybridized carbons (Fsp3) is 0.250. The summed E-state index contributed by atoms with van der Waals surface area (Å²) in [6.07, 6.45) is 0.786. The maximum Gasteiger partial charge on any atom is 0.248 e. The maximum absolute atomic E-state index is 10.9. The highest BCUT2D eigenvalue weighted by molar-refractivity contribution is 5.85. The molecule has 0 saturated heterocycles. The second kappa shape index (κ2) is 4.26. The van der Waals surface area contributed by atoms with E-state index in [-0.39, 0.29) is 5.92 Å². The Morgan fingerprint density at radius 2 is 2.00 bits per heavy atom. The summed E-state index contributed by atoms with van der Waals surface area (Å²) in [5.74, 6) is 1.16. The van der Waals surface area contributed by atoms with Crippen LogP contribution < -0.4 is 0 Å². The van der Waals surface area contributed by atoms with Gasteiger partial charge < -0.3 is 4.42 Å². The van der Waals surface area contributed by atoms with Gasteiger partial charge in [0.25, 0.3) is 0 Å². The number of aldehydes is 1. The van der Waals surface area contributed by atoms with Crippen LogP contribution in [0.15, 0.2) is 28.7 Å². The molecule has 0 N–H and O–H groups in total. The number of carbonyl (C=O) groups excluding carboxylic acids is 1. The Morgan fingerprint density at radius 1 is 1.25 bits per heavy atom. The van der Waals surface area contributed by atoms with Crippen molar-refractivity contribution < 1.29 is 9.21 Å². The van der Waals surface area contributed by atoms with Crippen LogP contribution in [0.5, 0.6) is 0 Å². The summed E-state index contributed by atoms with van der Waals surface area (Å²) in [4.78, 5) is 10.9. The van der Waals surface area contributed by atoms with Crippen LogP contribution in [-0.4, -0.2) is 16.5 Å². The first-order chi connectivity index (χ1) is 7.72. The minimum absolute atomic E-state index is 0.185. The topological polar surface area (TPSA) is 56.0 Å². The molecule has 0 saturated carbocycles. The van der Waals surface area contributed by atoms with Gasteiger partial charge in [0.05, 0.1) is 0 Å². The number of rotatable bonds is 3. The molecule has 1 heterocycles. The molecule has 1 aromatic heterocycles. The first-order valence-electron chi connectivity index (χ1n) is 5.10. The lowest BCUT2D eigenvalue weighted by atomic mass is 10.1. The molecule has 0 spiro atoms. The fourth-order valence-electron chi connectivity index (χ4n) is 1.37. The van der Waals surface area contributed by atoms with Gasteiger partial charge in [-0.1, -0.05) is 32.0 Å². The number of carbonyl (C=O) groups is 1. The molecule has 82 valence electrons. The van der Waals surface area contributed by atoms with E-state index in [2.05, 4.69) is 10.2 Å². The van der Waals surface area contributed by atoms with Crippen LogP contribution in [0.25, 0.3) is 11.5 Å². The van der Waals surface area contributed by atoms with E-state index in [1.54, 1.807) is 18.2 Å². The number of hydrogen-bond acceptors (Lipinski definition) is 4. The molecule has 4 heteroatoms. The van der Waals surface area contributed by atoms with Crippen LogP contribution in [0.2, 0.25) is 0 Å². The van der Waals surface area contributed by atoms with Gasteiger partial charge in [-0.3, -0.25) is 4.79 Å². The summed E-state index contributed by atoms with van der Waals surface area (Å²) in [6.45, 7) is 3.95. The summed E-state index contributed by atoms with van der Waals surface area (Å²) in [5, 5.41) is 7.88. The average Bonchev–Trinajstić information content (AvgIpc) is 2.78. The van der Waals surface area contributed by atoms with E-state index in [9.17, 15) is 4.79 Å². The van der Waals surface area contributed by atoms with Crippen LogP contribution in [-0.2, 0) is 0 Å². The van der Waals surface area contributed by atoms with Gasteiger partial charge in [0.1, 0.15) is 0 Å². The number of hydrogen-bond donors (Lipinski definition) is 0. The van der Waals surface area contributed by atoms with Gasteiger partial charge in [0, 0.05) is 17.0 Å². The Labute approximate surface area is 93.3 Å². The van der Waals surface area contributed by atoms with E-state index in [4.69, 9.17) is 4.42 Å². The van der Waals surface area contributed by atoms with Gasteiger partial charge in [-0.05, 0) is 6.07 Å². The lowest BCUT2D eigenvalue weighted by Crippen LogP contribution is -1.86. The number of nitrogens with zero attached hydrogens (tertiary/aromatic N) is 2. The first kappa shape index (κ1) is 10.5. The third-order valence-electron chi connectivity index (χ3n) is 2.25. The van der Waals surface area contributed by atoms with Crippen molar-refractivity contribution in [2.45, 2.75) is 19.8 Å². The minimum atomic E-state index is 0.185. The Balaban J connectivity index is 2.46. The Kier molecular flexibility index (Phi) is 2.81. The van der Waals surface area contributed by atoms with Crippen molar-refractivity contribution in [3.8, 4) is 11.5 Å². The molecule has 0 aliphatic rings. The first-order valence-corrected chi connectivity index (χ1v) is 5.10. The Hall–Kier alpha value is -1.97. The highest BCUT2D eigenvalue weighted by atomic mass is 16.4. The number of aromatic nitrogens is 2. The van der Waals surface area contributed by atoms with Crippen molar-refractivity contribution in [3.05, 3.63) is 35.7 Å². The van der Waals surface area contributed by atoms with Crippen molar-refractivity contribution in [2.24, 2.45) is 0 Å². The molecule has 2 rings (SSSR count). The number of benzene rings is 1. The second-order valence-corrected chi connectivity index (χ2v) is 3.81. The third-order valence-corrected chi connectivity index (χ3v) is 2.25. The van der Waals surface area contributed by atoms with E-state index in [0.29, 0.717) is 22.9 Å². The Bertz CT molecular complexity index is 503. The van der Waals surface area contributed by atoms with Crippen molar-refractivity contribution in [1.82, 2.24) is 10.2 Å². The molecule has 0 unspecified atom stereocenters. The van der Waals surface area contributed by atoms with Crippen LogP contribution in [0.1, 0.15) is 36.0 Å². The van der Waals surface area contributed by atoms with E-state index >= 15 is 0 Å². The average molecular weight is 216 g/mol. The molecule has 16 heavy (non-hydrogen) atoms. The fourth-order valence-corrected chi connectivity index (χ4v) is 1.37. The predicted molar refractivity (Wildman–Crippen MR) is 59.2 cm³/mol. The van der Waals surface area contributed by atoms with Crippen LogP contribution >= 0.6 is 0 Å². The van der Waals surface area contributed by atoms with E-state index in [1.165, 1.54) is 0 Å². The van der Waals surface area contributed by atoms with Gasteiger partial charge >= 0.3 is 0 Å². The third kappa shape index (κ3) is 1.86. The highest BCUT2D eigenvalue weighted by Gasteiger charge is 2.13. The Morgan fingerprint density at radius 3 is 2.62 bits per heavy atom. The maximum atomic E-state index is 10.9. The summed E-state index contributed by atoms with van der Waals surface area (Å²) < 4.78 is 5.49. The van der Waals surface area contributed by atoms with Crippen molar-refractivity contribution in [3.63, 3.8) is 0 Å². The minimum Gasteiger partial charge on any atom is -0.420 e. The largest absolute Gasteiger partial charge is 0.420 e. The molecule has 1 aromatic carbocycles. The summed E-state index contributed by atoms with van der Waals surface area (Å²) >= 11 is 0. The van der Waals surface area contributed by atoms with Crippen molar-refractivity contribution >= 4 is 6.29 Å². The zero-order valence-corrected chi connectivity index (χ0v) is 9.18. The molecule has 0 aliphatic heterocycles. The van der Waals surface area contributed by atoms with Crippen LogP contribution in [0.4, 0.5) is 0 Å². The summed E-state index contributed by atoms with van der Waals surface area (Å²) in [7, 11) is 0. The molecular weight excluding hydrogens is 204 g/mol. The highest BCUT2D eigenvalue weighted by Crippen LogP contribution is 2.23. The monoisotopic (exact) mass is 216 g/mol. The smallest absolute Gasteiger partial charge is 0.248 e. The molecule has 0 atom stereocenters. The lowest BCUT2D eigenvalue weighted by molar-refractivity contribution is 0.112. The van der Waals surface area contributed by atoms with Gasteiger partial charge in [0.2, 0.25) is 11.8 Å². The quantitative estimate of drug-likeness (QED) is 0.740.